The molecule has 0 aliphatic carbocycles. The van der Waals surface area contributed by atoms with Gasteiger partial charge in [-0.2, -0.15) is 0 Å². The van der Waals surface area contributed by atoms with Gasteiger partial charge in [0, 0.05) is 16.8 Å². The van der Waals surface area contributed by atoms with Crippen molar-refractivity contribution in [3.8, 4) is 0 Å². The van der Waals surface area contributed by atoms with Gasteiger partial charge >= 0.3 is 0 Å². The highest BCUT2D eigenvalue weighted by molar-refractivity contribution is 6.15. The lowest BCUT2D eigenvalue weighted by atomic mass is 9.98. The van der Waals surface area contributed by atoms with Crippen molar-refractivity contribution in [3.05, 3.63) is 139 Å². The molecular weight excluding hydrogens is 434 g/mol. The summed E-state index contributed by atoms with van der Waals surface area (Å²) >= 11 is 0. The Labute approximate surface area is 210 Å². The first-order valence-corrected chi connectivity index (χ1v) is 12.5. The molecule has 0 saturated heterocycles. The van der Waals surface area contributed by atoms with E-state index in [-0.39, 0.29) is 0 Å². The molecule has 0 aliphatic rings. The Hall–Kier alpha value is -4.62. The second kappa shape index (κ2) is 8.25. The predicted molar refractivity (Wildman–Crippen MR) is 156 cm³/mol. The molecule has 170 valence electrons. The van der Waals surface area contributed by atoms with Crippen LogP contribution in [0.5, 0.6) is 0 Å². The Morgan fingerprint density at radius 3 is 1.69 bits per heavy atom. The summed E-state index contributed by atoms with van der Waals surface area (Å²) in [6, 6.07) is 48.6. The van der Waals surface area contributed by atoms with Crippen LogP contribution in [0.3, 0.4) is 0 Å². The largest absolute Gasteiger partial charge is 0.310 e. The zero-order chi connectivity index (χ0) is 24.1. The molecule has 7 aromatic carbocycles. The standard InChI is InChI=1S/C35H25N/c1-24-14-18-28(19-15-24)36(29-20-21-32-27(22-29)17-16-25-8-2-4-10-30(25)32)35-23-26-9-3-5-11-31(26)33-12-6-7-13-34(33)35/h2-23H,1H3. The molecule has 7 aromatic rings. The van der Waals surface area contributed by atoms with Crippen molar-refractivity contribution in [2.24, 2.45) is 0 Å². The van der Waals surface area contributed by atoms with E-state index in [9.17, 15) is 0 Å². The fourth-order valence-electron chi connectivity index (χ4n) is 5.48. The first-order valence-electron chi connectivity index (χ1n) is 12.5. The number of benzene rings is 7. The predicted octanol–water partition coefficient (Wildman–Crippen LogP) is 10.1. The molecule has 36 heavy (non-hydrogen) atoms. The van der Waals surface area contributed by atoms with Crippen molar-refractivity contribution < 1.29 is 0 Å². The molecule has 0 aromatic heterocycles. The molecule has 1 nitrogen and oxygen atoms in total. The normalized spacial score (nSPS) is 11.5. The summed E-state index contributed by atoms with van der Waals surface area (Å²) in [5, 5.41) is 10.1. The van der Waals surface area contributed by atoms with Gasteiger partial charge < -0.3 is 4.90 Å². The van der Waals surface area contributed by atoms with E-state index in [1.165, 1.54) is 54.3 Å². The second-order valence-electron chi connectivity index (χ2n) is 9.53. The quantitative estimate of drug-likeness (QED) is 0.238. The molecule has 0 bridgehead atoms. The molecule has 0 fully saturated rings. The summed E-state index contributed by atoms with van der Waals surface area (Å²) in [5.74, 6) is 0. The SMILES string of the molecule is Cc1ccc(N(c2ccc3c(ccc4ccccc43)c2)c2cc3ccccc3c3ccccc23)cc1. The first-order chi connectivity index (χ1) is 17.8. The monoisotopic (exact) mass is 459 g/mol. The van der Waals surface area contributed by atoms with Crippen molar-refractivity contribution in [2.75, 3.05) is 4.90 Å². The fraction of sp³-hybridized carbons (Fsp3) is 0.0286. The lowest BCUT2D eigenvalue weighted by Crippen LogP contribution is -2.10. The number of hydrogen-bond donors (Lipinski definition) is 0. The molecule has 7 rings (SSSR count). The molecule has 0 N–H and O–H groups in total. The second-order valence-corrected chi connectivity index (χ2v) is 9.53. The topological polar surface area (TPSA) is 3.24 Å². The van der Waals surface area contributed by atoms with Gasteiger partial charge in [-0.25, -0.2) is 0 Å². The van der Waals surface area contributed by atoms with Crippen LogP contribution >= 0.6 is 0 Å². The van der Waals surface area contributed by atoms with Crippen molar-refractivity contribution >= 4 is 60.2 Å². The van der Waals surface area contributed by atoms with Gasteiger partial charge in [0.15, 0.2) is 0 Å². The highest BCUT2D eigenvalue weighted by Gasteiger charge is 2.17. The Morgan fingerprint density at radius 1 is 0.389 bits per heavy atom. The van der Waals surface area contributed by atoms with Crippen molar-refractivity contribution in [3.63, 3.8) is 0 Å². The van der Waals surface area contributed by atoms with E-state index in [0.29, 0.717) is 0 Å². The highest BCUT2D eigenvalue weighted by Crippen LogP contribution is 2.43. The third kappa shape index (κ3) is 3.32. The molecule has 0 heterocycles. The maximum absolute atomic E-state index is 2.41. The Kier molecular flexibility index (Phi) is 4.75. The van der Waals surface area contributed by atoms with E-state index in [2.05, 4.69) is 145 Å². The van der Waals surface area contributed by atoms with E-state index in [1.807, 2.05) is 0 Å². The molecule has 0 spiro atoms. The molecule has 0 aliphatic heterocycles. The molecule has 0 radical (unpaired) electrons. The third-order valence-electron chi connectivity index (χ3n) is 7.27. The van der Waals surface area contributed by atoms with Gasteiger partial charge in [0.1, 0.15) is 0 Å². The molecule has 0 unspecified atom stereocenters. The molecule has 0 amide bonds. The summed E-state index contributed by atoms with van der Waals surface area (Å²) in [7, 11) is 0. The van der Waals surface area contributed by atoms with Gasteiger partial charge in [-0.15, -0.1) is 0 Å². The first kappa shape index (κ1) is 20.7. The van der Waals surface area contributed by atoms with Crippen LogP contribution in [-0.2, 0) is 0 Å². The highest BCUT2D eigenvalue weighted by atomic mass is 15.1. The average Bonchev–Trinajstić information content (AvgIpc) is 2.94. The number of anilines is 3. The maximum atomic E-state index is 2.41. The lowest BCUT2D eigenvalue weighted by molar-refractivity contribution is 1.30. The van der Waals surface area contributed by atoms with Crippen LogP contribution in [0.15, 0.2) is 133 Å². The zero-order valence-electron chi connectivity index (χ0n) is 20.1. The van der Waals surface area contributed by atoms with E-state index >= 15 is 0 Å². The van der Waals surface area contributed by atoms with Gasteiger partial charge in [0.2, 0.25) is 0 Å². The van der Waals surface area contributed by atoms with Crippen LogP contribution in [0.4, 0.5) is 17.1 Å². The van der Waals surface area contributed by atoms with Gasteiger partial charge in [0.25, 0.3) is 0 Å². The van der Waals surface area contributed by atoms with Gasteiger partial charge in [-0.05, 0) is 75.0 Å². The molecular formula is C35H25N. The Bertz CT molecular complexity index is 1900. The van der Waals surface area contributed by atoms with E-state index < -0.39 is 0 Å². The van der Waals surface area contributed by atoms with E-state index in [0.717, 1.165) is 11.4 Å². The van der Waals surface area contributed by atoms with Gasteiger partial charge in [0.05, 0.1) is 5.69 Å². The van der Waals surface area contributed by atoms with Crippen LogP contribution in [-0.4, -0.2) is 0 Å². The molecule has 1 heteroatoms. The van der Waals surface area contributed by atoms with E-state index in [1.54, 1.807) is 0 Å². The molecule has 0 saturated carbocycles. The zero-order valence-corrected chi connectivity index (χ0v) is 20.1. The van der Waals surface area contributed by atoms with Gasteiger partial charge in [-0.1, -0.05) is 109 Å². The van der Waals surface area contributed by atoms with Gasteiger partial charge in [-0.3, -0.25) is 0 Å². The van der Waals surface area contributed by atoms with Crippen LogP contribution in [0, 0.1) is 6.92 Å². The Balaban J connectivity index is 1.53. The summed E-state index contributed by atoms with van der Waals surface area (Å²) in [4.78, 5) is 2.41. The lowest BCUT2D eigenvalue weighted by Gasteiger charge is -2.28. The van der Waals surface area contributed by atoms with Crippen LogP contribution < -0.4 is 4.90 Å². The average molecular weight is 460 g/mol. The van der Waals surface area contributed by atoms with E-state index in [4.69, 9.17) is 0 Å². The fourth-order valence-corrected chi connectivity index (χ4v) is 5.48. The number of aryl methyl sites for hydroxylation is 1. The smallest absolute Gasteiger partial charge is 0.0546 e. The van der Waals surface area contributed by atoms with Crippen LogP contribution in [0.25, 0.3) is 43.1 Å². The summed E-state index contributed by atoms with van der Waals surface area (Å²) in [6.45, 7) is 2.14. The summed E-state index contributed by atoms with van der Waals surface area (Å²) in [5.41, 5.74) is 4.75. The van der Waals surface area contributed by atoms with Crippen molar-refractivity contribution in [1.29, 1.82) is 0 Å². The maximum Gasteiger partial charge on any atom is 0.0546 e. The molecule has 0 atom stereocenters. The third-order valence-corrected chi connectivity index (χ3v) is 7.27. The minimum absolute atomic E-state index is 1.15. The summed E-state index contributed by atoms with van der Waals surface area (Å²) in [6.07, 6.45) is 0. The number of fused-ring (bicyclic) bond motifs is 6. The minimum Gasteiger partial charge on any atom is -0.310 e. The number of hydrogen-bond acceptors (Lipinski definition) is 1. The minimum atomic E-state index is 1.15. The van der Waals surface area contributed by atoms with Crippen molar-refractivity contribution in [2.45, 2.75) is 6.92 Å². The number of nitrogens with zero attached hydrogens (tertiary/aromatic N) is 1. The van der Waals surface area contributed by atoms with Crippen molar-refractivity contribution in [1.82, 2.24) is 0 Å². The number of rotatable bonds is 3. The van der Waals surface area contributed by atoms with Crippen LogP contribution in [0.2, 0.25) is 0 Å². The summed E-state index contributed by atoms with van der Waals surface area (Å²) < 4.78 is 0. The Morgan fingerprint density at radius 2 is 0.917 bits per heavy atom. The van der Waals surface area contributed by atoms with Crippen LogP contribution in [0.1, 0.15) is 5.56 Å².